The van der Waals surface area contributed by atoms with Gasteiger partial charge in [-0.3, -0.25) is 10.1 Å². The maximum absolute atomic E-state index is 15.5. The molecule has 0 spiro atoms. The van der Waals surface area contributed by atoms with Gasteiger partial charge in [-0.2, -0.15) is 4.39 Å². The highest BCUT2D eigenvalue weighted by atomic mass is 19.1. The van der Waals surface area contributed by atoms with Crippen molar-refractivity contribution in [2.24, 2.45) is 0 Å². The lowest BCUT2D eigenvalue weighted by Crippen LogP contribution is -2.23. The summed E-state index contributed by atoms with van der Waals surface area (Å²) in [5.41, 5.74) is 4.04. The van der Waals surface area contributed by atoms with Crippen molar-refractivity contribution in [2.45, 2.75) is 96.6 Å². The molecule has 51 heavy (non-hydrogen) atoms. The second-order valence-corrected chi connectivity index (χ2v) is 11.9. The SMILES string of the molecule is C=CC(=O)OCCCCCCCCCCCc1ccnc(-c2ccccc2OC(=O)c2c(N)cc(OC(=O)C(F)CCCC)c([N+](=O)[O-])c2F)n1. The van der Waals surface area contributed by atoms with Crippen LogP contribution < -0.4 is 15.2 Å². The molecule has 12 nitrogen and oxygen atoms in total. The van der Waals surface area contributed by atoms with Crippen LogP contribution in [0.15, 0.2) is 55.3 Å². The van der Waals surface area contributed by atoms with Crippen molar-refractivity contribution < 1.29 is 42.3 Å². The van der Waals surface area contributed by atoms with Gasteiger partial charge in [-0.25, -0.2) is 28.7 Å². The van der Waals surface area contributed by atoms with Crippen LogP contribution in [0.2, 0.25) is 0 Å². The summed E-state index contributed by atoms with van der Waals surface area (Å²) in [5, 5.41) is 11.8. The summed E-state index contributed by atoms with van der Waals surface area (Å²) in [6, 6.07) is 8.78. The monoisotopic (exact) mass is 710 g/mol. The largest absolute Gasteiger partial charge is 0.463 e. The van der Waals surface area contributed by atoms with Crippen LogP contribution in [-0.4, -0.2) is 45.6 Å². The maximum Gasteiger partial charge on any atom is 0.348 e. The van der Waals surface area contributed by atoms with Crippen LogP contribution in [0.25, 0.3) is 11.4 Å². The first-order valence-corrected chi connectivity index (χ1v) is 17.1. The lowest BCUT2D eigenvalue weighted by atomic mass is 10.1. The number of halogens is 2. The molecule has 0 bridgehead atoms. The van der Waals surface area contributed by atoms with E-state index in [1.165, 1.54) is 6.07 Å². The van der Waals surface area contributed by atoms with E-state index in [9.17, 15) is 28.9 Å². The number of nitro benzene ring substituents is 1. The number of nitrogens with zero attached hydrogens (tertiary/aromatic N) is 3. The van der Waals surface area contributed by atoms with Gasteiger partial charge in [0.05, 0.1) is 22.8 Å². The van der Waals surface area contributed by atoms with Crippen molar-refractivity contribution in [2.75, 3.05) is 12.3 Å². The molecule has 0 aliphatic carbocycles. The minimum Gasteiger partial charge on any atom is -0.463 e. The summed E-state index contributed by atoms with van der Waals surface area (Å²) in [5.74, 6) is -5.61. The molecular formula is C37H44F2N4O8. The zero-order valence-corrected chi connectivity index (χ0v) is 28.7. The molecule has 0 aliphatic rings. The Balaban J connectivity index is 1.60. The van der Waals surface area contributed by atoms with Crippen LogP contribution in [-0.2, 0) is 20.7 Å². The quantitative estimate of drug-likeness (QED) is 0.0202. The number of esters is 3. The van der Waals surface area contributed by atoms with Gasteiger partial charge < -0.3 is 19.9 Å². The molecule has 1 atom stereocenters. The molecule has 1 heterocycles. The highest BCUT2D eigenvalue weighted by Crippen LogP contribution is 2.38. The van der Waals surface area contributed by atoms with Crippen LogP contribution >= 0.6 is 0 Å². The van der Waals surface area contributed by atoms with Crippen molar-refractivity contribution >= 4 is 29.3 Å². The third kappa shape index (κ3) is 12.5. The van der Waals surface area contributed by atoms with E-state index in [1.54, 1.807) is 37.4 Å². The number of aromatic nitrogens is 2. The molecule has 3 rings (SSSR count). The normalized spacial score (nSPS) is 11.4. The Morgan fingerprint density at radius 3 is 2.31 bits per heavy atom. The first-order valence-electron chi connectivity index (χ1n) is 17.1. The number of carbonyl (C=O) groups excluding carboxylic acids is 3. The Labute approximate surface area is 295 Å². The third-order valence-electron chi connectivity index (χ3n) is 7.93. The number of nitrogens with two attached hydrogens (primary N) is 1. The van der Waals surface area contributed by atoms with E-state index in [-0.39, 0.29) is 24.0 Å². The summed E-state index contributed by atoms with van der Waals surface area (Å²) in [6.45, 7) is 5.58. The number of alkyl halides is 1. The van der Waals surface area contributed by atoms with Gasteiger partial charge in [-0.05, 0) is 43.9 Å². The summed E-state index contributed by atoms with van der Waals surface area (Å²) in [7, 11) is 0. The molecule has 0 radical (unpaired) electrons. The molecule has 1 unspecified atom stereocenters. The van der Waals surface area contributed by atoms with Gasteiger partial charge >= 0.3 is 23.6 Å². The maximum atomic E-state index is 15.5. The van der Waals surface area contributed by atoms with Gasteiger partial charge in [-0.1, -0.05) is 83.4 Å². The first kappa shape index (κ1) is 40.2. The highest BCUT2D eigenvalue weighted by Gasteiger charge is 2.34. The fourth-order valence-electron chi connectivity index (χ4n) is 5.20. The Kier molecular flexibility index (Phi) is 16.6. The number of anilines is 1. The number of benzene rings is 2. The number of nitrogen functional groups attached to an aromatic ring is 1. The smallest absolute Gasteiger partial charge is 0.348 e. The molecule has 3 aromatic rings. The van der Waals surface area contributed by atoms with E-state index in [4.69, 9.17) is 19.9 Å². The number of carbonyl (C=O) groups is 3. The van der Waals surface area contributed by atoms with Crippen LogP contribution in [0, 0.1) is 15.9 Å². The van der Waals surface area contributed by atoms with E-state index in [0.29, 0.717) is 31.4 Å². The molecule has 274 valence electrons. The summed E-state index contributed by atoms with van der Waals surface area (Å²) in [6.07, 6.45) is 11.5. The number of ether oxygens (including phenoxy) is 3. The Hall–Kier alpha value is -5.27. The standard InChI is InChI=1S/C37H44F2N4O8/c1-3-5-19-27(38)36(45)51-30-24-28(40)32(33(39)34(30)43(47)48)37(46)50-29-20-15-14-18-26(29)35-41-22-21-25(42-35)17-13-11-9-7-6-8-10-12-16-23-49-31(44)4-2/h4,14-15,18,20-22,24,27H,2-3,5-13,16-17,19,23,40H2,1H3. The van der Waals surface area contributed by atoms with Crippen LogP contribution in [0.1, 0.15) is 100 Å². The molecule has 14 heteroatoms. The van der Waals surface area contributed by atoms with Crippen molar-refractivity contribution in [3.05, 3.63) is 82.4 Å². The number of rotatable bonds is 22. The average Bonchev–Trinajstić information content (AvgIpc) is 3.10. The van der Waals surface area contributed by atoms with E-state index in [2.05, 4.69) is 16.5 Å². The van der Waals surface area contributed by atoms with Crippen LogP contribution in [0.3, 0.4) is 0 Å². The predicted molar refractivity (Wildman–Crippen MR) is 186 cm³/mol. The molecule has 0 amide bonds. The second kappa shape index (κ2) is 21.1. The minimum absolute atomic E-state index is 0.0504. The Morgan fingerprint density at radius 2 is 1.65 bits per heavy atom. The van der Waals surface area contributed by atoms with Crippen molar-refractivity contribution in [1.82, 2.24) is 9.97 Å². The molecule has 1 aromatic heterocycles. The number of unbranched alkanes of at least 4 members (excludes halogenated alkanes) is 9. The Morgan fingerprint density at radius 1 is 0.980 bits per heavy atom. The lowest BCUT2D eigenvalue weighted by molar-refractivity contribution is -0.388. The van der Waals surface area contributed by atoms with E-state index in [0.717, 1.165) is 75.6 Å². The number of hydrogen-bond donors (Lipinski definition) is 1. The molecule has 2 N–H and O–H groups in total. The van der Waals surface area contributed by atoms with Gasteiger partial charge in [0.15, 0.2) is 12.0 Å². The molecule has 0 fully saturated rings. The summed E-state index contributed by atoms with van der Waals surface area (Å²) in [4.78, 5) is 55.9. The third-order valence-corrected chi connectivity index (χ3v) is 7.93. The average molecular weight is 711 g/mol. The van der Waals surface area contributed by atoms with Crippen LogP contribution in [0.5, 0.6) is 11.5 Å². The molecular weight excluding hydrogens is 666 g/mol. The van der Waals surface area contributed by atoms with Gasteiger partial charge in [0.25, 0.3) is 0 Å². The molecule has 0 aliphatic heterocycles. The van der Waals surface area contributed by atoms with Gasteiger partial charge in [0.1, 0.15) is 11.3 Å². The first-order chi connectivity index (χ1) is 24.6. The zero-order valence-electron chi connectivity index (χ0n) is 28.7. The van der Waals surface area contributed by atoms with Crippen molar-refractivity contribution in [3.63, 3.8) is 0 Å². The number of nitro groups is 1. The summed E-state index contributed by atoms with van der Waals surface area (Å²) < 4.78 is 44.9. The number of aryl methyl sites for hydroxylation is 1. The van der Waals surface area contributed by atoms with Gasteiger partial charge in [-0.15, -0.1) is 0 Å². The van der Waals surface area contributed by atoms with Gasteiger partial charge in [0, 0.05) is 24.0 Å². The molecule has 2 aromatic carbocycles. The van der Waals surface area contributed by atoms with Crippen LogP contribution in [0.4, 0.5) is 20.2 Å². The highest BCUT2D eigenvalue weighted by molar-refractivity contribution is 5.99. The lowest BCUT2D eigenvalue weighted by Gasteiger charge is -2.13. The van der Waals surface area contributed by atoms with E-state index in [1.807, 2.05) is 0 Å². The van der Waals surface area contributed by atoms with Gasteiger partial charge in [0.2, 0.25) is 11.6 Å². The topological polar surface area (TPSA) is 174 Å². The Bertz CT molecular complexity index is 1670. The summed E-state index contributed by atoms with van der Waals surface area (Å²) >= 11 is 0. The number of para-hydroxylation sites is 1. The fourth-order valence-corrected chi connectivity index (χ4v) is 5.20. The minimum atomic E-state index is -2.09. The number of hydrogen-bond acceptors (Lipinski definition) is 11. The van der Waals surface area contributed by atoms with E-state index < -0.39 is 51.5 Å². The van der Waals surface area contributed by atoms with E-state index >= 15 is 4.39 Å². The predicted octanol–water partition coefficient (Wildman–Crippen LogP) is 8.21. The molecule has 0 saturated heterocycles. The second-order valence-electron chi connectivity index (χ2n) is 11.9. The zero-order chi connectivity index (χ0) is 37.2. The van der Waals surface area contributed by atoms with Crippen molar-refractivity contribution in [3.8, 4) is 22.9 Å². The fraction of sp³-hybridized carbons (Fsp3) is 0.432. The molecule has 0 saturated carbocycles. The van der Waals surface area contributed by atoms with Crippen molar-refractivity contribution in [1.29, 1.82) is 0 Å².